The fourth-order valence-electron chi connectivity index (χ4n) is 2.44. The van der Waals surface area contributed by atoms with Crippen LogP contribution in [0, 0.1) is 0 Å². The molecule has 0 aromatic carbocycles. The van der Waals surface area contributed by atoms with Gasteiger partial charge in [0.15, 0.2) is 0 Å². The molecule has 0 spiro atoms. The molecule has 0 fully saturated rings. The van der Waals surface area contributed by atoms with Gasteiger partial charge in [-0.2, -0.15) is 0 Å². The van der Waals surface area contributed by atoms with E-state index >= 15 is 0 Å². The van der Waals surface area contributed by atoms with Crippen LogP contribution in [0.5, 0.6) is 0 Å². The van der Waals surface area contributed by atoms with Crippen molar-refractivity contribution in [3.8, 4) is 0 Å². The molecule has 0 aliphatic rings. The second kappa shape index (κ2) is 17.2. The monoisotopic (exact) mass is 491 g/mol. The third-order valence-electron chi connectivity index (χ3n) is 4.28. The van der Waals surface area contributed by atoms with Crippen LogP contribution < -0.4 is 38.1 Å². The number of carbonyl (C=O) groups is 6. The van der Waals surface area contributed by atoms with E-state index < -0.39 is 86.5 Å². The number of hydrogen-bond acceptors (Lipinski definition) is 10. The zero-order valence-corrected chi connectivity index (χ0v) is 18.5. The first-order valence-electron chi connectivity index (χ1n) is 10.4. The number of carboxylic acids is 1. The van der Waals surface area contributed by atoms with Gasteiger partial charge in [-0.25, -0.2) is 4.79 Å². The zero-order valence-electron chi connectivity index (χ0n) is 18.5. The zero-order chi connectivity index (χ0) is 26.1. The maximum Gasteiger partial charge on any atom is 0.326 e. The van der Waals surface area contributed by atoms with Crippen LogP contribution in [0.2, 0.25) is 0 Å². The fraction of sp³-hybridized carbons (Fsp3) is 0.667. The Hall–Kier alpha value is -3.34. The normalized spacial score (nSPS) is 13.1. The lowest BCUT2D eigenvalue weighted by Gasteiger charge is -2.20. The van der Waals surface area contributed by atoms with Gasteiger partial charge in [0.2, 0.25) is 29.5 Å². The number of rotatable bonds is 17. The molecule has 0 bridgehead atoms. The predicted octanol–water partition coefficient (Wildman–Crippen LogP) is -6.17. The van der Waals surface area contributed by atoms with E-state index in [1.807, 2.05) is 0 Å². The quantitative estimate of drug-likeness (QED) is 0.0854. The van der Waals surface area contributed by atoms with Gasteiger partial charge in [0.25, 0.3) is 0 Å². The van der Waals surface area contributed by atoms with Gasteiger partial charge in [-0.3, -0.25) is 24.0 Å². The van der Waals surface area contributed by atoms with E-state index in [0.717, 1.165) is 0 Å². The Kier molecular flexibility index (Phi) is 15.5. The largest absolute Gasteiger partial charge is 0.480 e. The van der Waals surface area contributed by atoms with Gasteiger partial charge in [0.1, 0.15) is 18.1 Å². The van der Waals surface area contributed by atoms with E-state index in [-0.39, 0.29) is 6.42 Å². The standard InChI is InChI=1S/C18H33N7O9/c19-4-2-1-3-10(18(33)34)23-15(30)7-21-14(29)6-22-16(31)11(8-26)25-17(32)12(9-27)24-13(28)5-20/h10-12,26-27H,1-9,19-20H2,(H,21,29)(H,22,31)(H,23,30)(H,24,28)(H,25,32)(H,33,34)/t10-,11-,12-/m0/s1. The van der Waals surface area contributed by atoms with Crippen LogP contribution in [-0.4, -0.2) is 108 Å². The van der Waals surface area contributed by atoms with Crippen LogP contribution in [0.25, 0.3) is 0 Å². The van der Waals surface area contributed by atoms with Gasteiger partial charge in [-0.15, -0.1) is 0 Å². The van der Waals surface area contributed by atoms with Crippen LogP contribution in [0.3, 0.4) is 0 Å². The summed E-state index contributed by atoms with van der Waals surface area (Å²) in [5, 5.41) is 38.4. The van der Waals surface area contributed by atoms with Gasteiger partial charge in [-0.05, 0) is 25.8 Å². The summed E-state index contributed by atoms with van der Waals surface area (Å²) < 4.78 is 0. The molecule has 0 aromatic rings. The molecule has 3 atom stereocenters. The van der Waals surface area contributed by atoms with Crippen molar-refractivity contribution in [3.63, 3.8) is 0 Å². The average molecular weight is 492 g/mol. The minimum atomic E-state index is -1.50. The first-order chi connectivity index (χ1) is 16.1. The highest BCUT2D eigenvalue weighted by atomic mass is 16.4. The highest BCUT2D eigenvalue weighted by Crippen LogP contribution is 2.00. The Morgan fingerprint density at radius 1 is 0.676 bits per heavy atom. The molecule has 34 heavy (non-hydrogen) atoms. The van der Waals surface area contributed by atoms with Crippen molar-refractivity contribution in [1.29, 1.82) is 0 Å². The lowest BCUT2D eigenvalue weighted by molar-refractivity contribution is -0.142. The fourth-order valence-corrected chi connectivity index (χ4v) is 2.44. The molecule has 0 unspecified atom stereocenters. The van der Waals surface area contributed by atoms with Crippen LogP contribution in [0.4, 0.5) is 0 Å². The average Bonchev–Trinajstić information content (AvgIpc) is 2.81. The Labute approximate surface area is 195 Å². The van der Waals surface area contributed by atoms with Crippen molar-refractivity contribution >= 4 is 35.5 Å². The Morgan fingerprint density at radius 2 is 1.24 bits per heavy atom. The number of carbonyl (C=O) groups excluding carboxylic acids is 5. The second-order valence-corrected chi connectivity index (χ2v) is 6.99. The maximum absolute atomic E-state index is 12.1. The number of carboxylic acid groups (broad SMARTS) is 1. The Balaban J connectivity index is 4.53. The summed E-state index contributed by atoms with van der Waals surface area (Å²) in [5.41, 5.74) is 10.4. The van der Waals surface area contributed by atoms with Gasteiger partial charge in [0.05, 0.1) is 32.8 Å². The summed E-state index contributed by atoms with van der Waals surface area (Å²) in [6.07, 6.45) is 1.26. The van der Waals surface area contributed by atoms with E-state index in [1.54, 1.807) is 0 Å². The lowest BCUT2D eigenvalue weighted by atomic mass is 10.1. The van der Waals surface area contributed by atoms with Crippen LogP contribution in [0.1, 0.15) is 19.3 Å². The van der Waals surface area contributed by atoms with E-state index in [9.17, 15) is 39.0 Å². The topological polar surface area (TPSA) is 275 Å². The van der Waals surface area contributed by atoms with Gasteiger partial charge < -0.3 is 53.4 Å². The number of unbranched alkanes of at least 4 members (excludes halogenated alkanes) is 1. The summed E-state index contributed by atoms with van der Waals surface area (Å²) >= 11 is 0. The van der Waals surface area contributed by atoms with E-state index in [1.165, 1.54) is 0 Å². The first kappa shape index (κ1) is 30.7. The number of nitrogens with one attached hydrogen (secondary N) is 5. The molecule has 0 aliphatic heterocycles. The van der Waals surface area contributed by atoms with E-state index in [4.69, 9.17) is 16.6 Å². The molecule has 16 nitrogen and oxygen atoms in total. The molecule has 0 rings (SSSR count). The van der Waals surface area contributed by atoms with Crippen LogP contribution >= 0.6 is 0 Å². The highest BCUT2D eigenvalue weighted by Gasteiger charge is 2.26. The number of nitrogens with two attached hydrogens (primary N) is 2. The Morgan fingerprint density at radius 3 is 1.76 bits per heavy atom. The molecule has 194 valence electrons. The van der Waals surface area contributed by atoms with Crippen molar-refractivity contribution in [2.75, 3.05) is 39.4 Å². The maximum atomic E-state index is 12.1. The Bertz CT molecular complexity index is 720. The third kappa shape index (κ3) is 12.6. The van der Waals surface area contributed by atoms with Gasteiger partial charge in [0, 0.05) is 0 Å². The van der Waals surface area contributed by atoms with Crippen molar-refractivity contribution in [2.24, 2.45) is 11.5 Å². The van der Waals surface area contributed by atoms with Gasteiger partial charge >= 0.3 is 5.97 Å². The van der Waals surface area contributed by atoms with Crippen molar-refractivity contribution in [1.82, 2.24) is 26.6 Å². The minimum absolute atomic E-state index is 0.170. The molecular formula is C18H33N7O9. The van der Waals surface area contributed by atoms with Crippen molar-refractivity contribution < 1.29 is 44.1 Å². The summed E-state index contributed by atoms with van der Waals surface area (Å²) in [7, 11) is 0. The lowest BCUT2D eigenvalue weighted by Crippen LogP contribution is -2.57. The molecule has 0 saturated carbocycles. The summed E-state index contributed by atoms with van der Waals surface area (Å²) in [5.74, 6) is -5.45. The molecule has 0 heterocycles. The smallest absolute Gasteiger partial charge is 0.326 e. The number of aliphatic hydroxyl groups excluding tert-OH is 2. The number of aliphatic hydroxyl groups is 2. The molecule has 16 heteroatoms. The van der Waals surface area contributed by atoms with Crippen molar-refractivity contribution in [2.45, 2.75) is 37.4 Å². The molecule has 0 aliphatic carbocycles. The van der Waals surface area contributed by atoms with E-state index in [0.29, 0.717) is 19.4 Å². The molecule has 0 radical (unpaired) electrons. The summed E-state index contributed by atoms with van der Waals surface area (Å²) in [6.45, 7) is -2.87. The summed E-state index contributed by atoms with van der Waals surface area (Å²) in [6, 6.07) is -4.05. The van der Waals surface area contributed by atoms with Crippen molar-refractivity contribution in [3.05, 3.63) is 0 Å². The molecular weight excluding hydrogens is 458 g/mol. The molecule has 0 saturated heterocycles. The van der Waals surface area contributed by atoms with Gasteiger partial charge in [-0.1, -0.05) is 0 Å². The third-order valence-corrected chi connectivity index (χ3v) is 4.28. The van der Waals surface area contributed by atoms with Crippen LogP contribution in [0.15, 0.2) is 0 Å². The molecule has 0 aromatic heterocycles. The second-order valence-electron chi connectivity index (χ2n) is 6.99. The predicted molar refractivity (Wildman–Crippen MR) is 116 cm³/mol. The first-order valence-corrected chi connectivity index (χ1v) is 10.4. The highest BCUT2D eigenvalue weighted by molar-refractivity contribution is 5.94. The van der Waals surface area contributed by atoms with Crippen LogP contribution in [-0.2, 0) is 28.8 Å². The number of aliphatic carboxylic acids is 1. The molecule has 12 N–H and O–H groups in total. The molecule has 5 amide bonds. The minimum Gasteiger partial charge on any atom is -0.480 e. The SMILES string of the molecule is NCCCC[C@H](NC(=O)CNC(=O)CNC(=O)[C@H](CO)NC(=O)[C@H](CO)NC(=O)CN)C(=O)O. The number of amides is 5. The van der Waals surface area contributed by atoms with E-state index in [2.05, 4.69) is 26.6 Å². The number of hydrogen-bond donors (Lipinski definition) is 10. The summed E-state index contributed by atoms with van der Waals surface area (Å²) in [4.78, 5) is 70.3.